The largest absolute Gasteiger partial charge is 0.481 e. The highest BCUT2D eigenvalue weighted by Crippen LogP contribution is 2.32. The minimum atomic E-state index is -1.70. The number of amides is 4. The van der Waals surface area contributed by atoms with Gasteiger partial charge in [0, 0.05) is 5.92 Å². The second-order valence-corrected chi connectivity index (χ2v) is 14.2. The van der Waals surface area contributed by atoms with E-state index >= 15 is 0 Å². The number of benzene rings is 3. The molecule has 0 aliphatic heterocycles. The molecule has 1 unspecified atom stereocenters. The highest BCUT2D eigenvalue weighted by molar-refractivity contribution is 5.96. The molecule has 1 saturated carbocycles. The number of esters is 1. The lowest BCUT2D eigenvalue weighted by atomic mass is 9.78. The van der Waals surface area contributed by atoms with Gasteiger partial charge in [-0.15, -0.1) is 0 Å². The molecule has 5 atom stereocenters. The molecule has 14 nitrogen and oxygen atoms in total. The lowest BCUT2D eigenvalue weighted by Gasteiger charge is -2.30. The predicted octanol–water partition coefficient (Wildman–Crippen LogP) is 3.84. The molecule has 0 bridgehead atoms. The molecule has 0 heterocycles. The van der Waals surface area contributed by atoms with Crippen molar-refractivity contribution in [3.05, 3.63) is 102 Å². The maximum Gasteiger partial charge on any atom is 0.312 e. The molecule has 1 fully saturated rings. The van der Waals surface area contributed by atoms with Crippen LogP contribution in [-0.4, -0.2) is 63.8 Å². The number of aliphatic carboxylic acids is 2. The second kappa shape index (κ2) is 19.9. The first-order valence-corrected chi connectivity index (χ1v) is 18.3. The van der Waals surface area contributed by atoms with Crippen molar-refractivity contribution in [1.29, 1.82) is 0 Å². The van der Waals surface area contributed by atoms with Crippen LogP contribution in [0.4, 0.5) is 0 Å². The Bertz CT molecular complexity index is 1800. The lowest BCUT2D eigenvalue weighted by Crippen LogP contribution is -2.55. The second-order valence-electron chi connectivity index (χ2n) is 14.2. The summed E-state index contributed by atoms with van der Waals surface area (Å²) in [5.41, 5.74) is 7.36. The van der Waals surface area contributed by atoms with E-state index in [0.717, 1.165) is 11.1 Å². The van der Waals surface area contributed by atoms with Crippen molar-refractivity contribution in [3.63, 3.8) is 0 Å². The van der Waals surface area contributed by atoms with Gasteiger partial charge in [0.15, 0.2) is 0 Å². The molecule has 0 spiro atoms. The third-order valence-electron chi connectivity index (χ3n) is 9.55. The molecule has 0 aromatic heterocycles. The van der Waals surface area contributed by atoms with E-state index in [-0.39, 0.29) is 48.8 Å². The minimum Gasteiger partial charge on any atom is -0.481 e. The Balaban J connectivity index is 1.63. The number of rotatable bonds is 18. The van der Waals surface area contributed by atoms with E-state index in [4.69, 9.17) is 10.5 Å². The van der Waals surface area contributed by atoms with E-state index in [1.807, 2.05) is 60.7 Å². The maximum atomic E-state index is 14.0. The molecule has 4 amide bonds. The Morgan fingerprint density at radius 1 is 0.709 bits per heavy atom. The van der Waals surface area contributed by atoms with Crippen LogP contribution >= 0.6 is 0 Å². The van der Waals surface area contributed by atoms with E-state index < -0.39 is 77.9 Å². The molecule has 3 aromatic rings. The van der Waals surface area contributed by atoms with Gasteiger partial charge in [-0.3, -0.25) is 33.6 Å². The van der Waals surface area contributed by atoms with Gasteiger partial charge in [0.25, 0.3) is 0 Å². The fourth-order valence-electron chi connectivity index (χ4n) is 6.81. The molecule has 4 rings (SSSR count). The monoisotopic (exact) mass is 756 g/mol. The lowest BCUT2D eigenvalue weighted by molar-refractivity contribution is -0.149. The van der Waals surface area contributed by atoms with Crippen LogP contribution < -0.4 is 26.4 Å². The van der Waals surface area contributed by atoms with Crippen LogP contribution in [0.1, 0.15) is 87.4 Å². The van der Waals surface area contributed by atoms with Crippen LogP contribution in [0.3, 0.4) is 0 Å². The smallest absolute Gasteiger partial charge is 0.312 e. The van der Waals surface area contributed by atoms with Gasteiger partial charge in [0.1, 0.15) is 23.9 Å². The summed E-state index contributed by atoms with van der Waals surface area (Å²) < 4.78 is 5.75. The first kappa shape index (κ1) is 41.7. The summed E-state index contributed by atoms with van der Waals surface area (Å²) in [6, 6.07) is 20.2. The highest BCUT2D eigenvalue weighted by atomic mass is 16.5. The van der Waals surface area contributed by atoms with E-state index in [2.05, 4.69) is 16.0 Å². The Hall–Kier alpha value is -6.05. The van der Waals surface area contributed by atoms with Crippen molar-refractivity contribution in [2.24, 2.45) is 23.5 Å². The van der Waals surface area contributed by atoms with Gasteiger partial charge in [-0.2, -0.15) is 0 Å². The van der Waals surface area contributed by atoms with Crippen LogP contribution in [0, 0.1) is 17.8 Å². The molecule has 0 radical (unpaired) electrons. The van der Waals surface area contributed by atoms with Crippen molar-refractivity contribution in [3.8, 4) is 5.75 Å². The van der Waals surface area contributed by atoms with Crippen molar-refractivity contribution in [1.82, 2.24) is 16.0 Å². The summed E-state index contributed by atoms with van der Waals surface area (Å²) in [6.45, 7) is 3.59. The van der Waals surface area contributed by atoms with Crippen LogP contribution in [0.15, 0.2) is 84.9 Å². The van der Waals surface area contributed by atoms with Crippen molar-refractivity contribution < 1.29 is 48.5 Å². The fourth-order valence-corrected chi connectivity index (χ4v) is 6.81. The van der Waals surface area contributed by atoms with Crippen LogP contribution in [0.2, 0.25) is 0 Å². The predicted molar refractivity (Wildman–Crippen MR) is 200 cm³/mol. The molecule has 1 aliphatic rings. The molecule has 0 saturated heterocycles. The number of primary amides is 1. The Morgan fingerprint density at radius 2 is 1.27 bits per heavy atom. The summed E-state index contributed by atoms with van der Waals surface area (Å²) in [4.78, 5) is 90.5. The molecule has 3 aromatic carbocycles. The highest BCUT2D eigenvalue weighted by Gasteiger charge is 2.38. The van der Waals surface area contributed by atoms with Gasteiger partial charge in [-0.1, -0.05) is 99.5 Å². The number of carbonyl (C=O) groups is 7. The number of ether oxygens (including phenoxy) is 1. The third kappa shape index (κ3) is 12.2. The minimum absolute atomic E-state index is 0.0355. The molecule has 14 heteroatoms. The summed E-state index contributed by atoms with van der Waals surface area (Å²) in [5, 5.41) is 26.9. The third-order valence-corrected chi connectivity index (χ3v) is 9.55. The molecule has 55 heavy (non-hydrogen) atoms. The van der Waals surface area contributed by atoms with Gasteiger partial charge >= 0.3 is 17.9 Å². The summed E-state index contributed by atoms with van der Waals surface area (Å²) in [5.74, 6) is -9.08. The zero-order chi connectivity index (χ0) is 40.1. The number of nitrogens with two attached hydrogens (primary N) is 1. The number of carbonyl (C=O) groups excluding carboxylic acids is 5. The van der Waals surface area contributed by atoms with Crippen molar-refractivity contribution in [2.45, 2.75) is 82.8 Å². The molecule has 7 N–H and O–H groups in total. The number of hydrogen-bond donors (Lipinski definition) is 6. The summed E-state index contributed by atoms with van der Waals surface area (Å²) in [7, 11) is 0. The van der Waals surface area contributed by atoms with Gasteiger partial charge < -0.3 is 36.6 Å². The Kier molecular flexibility index (Phi) is 15.1. The summed E-state index contributed by atoms with van der Waals surface area (Å²) >= 11 is 0. The Labute approximate surface area is 319 Å². The number of carboxylic acids is 2. The van der Waals surface area contributed by atoms with Crippen LogP contribution in [0.25, 0.3) is 0 Å². The number of carboxylic acid groups (broad SMARTS) is 2. The summed E-state index contributed by atoms with van der Waals surface area (Å²) in [6.07, 6.45) is 0.970. The van der Waals surface area contributed by atoms with Crippen molar-refractivity contribution in [2.75, 3.05) is 0 Å². The average molecular weight is 757 g/mol. The zero-order valence-corrected chi connectivity index (χ0v) is 30.8. The SMILES string of the molecule is CC(C)C[C@H](NC(=O)[C@H](CC(=O)O)NC(=O)C(NC(=O)[C@@H]1CCCC[C@H]1C(=O)O)c1cccc(OC(=O)CC(c2ccccc2)c2ccccc2)c1)C(N)=O. The molecule has 1 aliphatic carbocycles. The quantitative estimate of drug-likeness (QED) is 0.0811. The normalized spacial score (nSPS) is 16.9. The average Bonchev–Trinajstić information content (AvgIpc) is 3.15. The maximum absolute atomic E-state index is 14.0. The van der Waals surface area contributed by atoms with E-state index in [1.54, 1.807) is 13.8 Å². The zero-order valence-electron chi connectivity index (χ0n) is 30.8. The number of nitrogens with one attached hydrogen (secondary N) is 3. The van der Waals surface area contributed by atoms with Crippen LogP contribution in [0.5, 0.6) is 5.75 Å². The van der Waals surface area contributed by atoms with Crippen molar-refractivity contribution >= 4 is 41.5 Å². The number of hydrogen-bond acceptors (Lipinski definition) is 8. The molecule has 292 valence electrons. The standard InChI is InChI=1S/C41H48N4O10/c1-24(2)20-32(37(42)49)43-39(51)33(23-34(46)47)44-40(52)36(45-38(50)29-18-9-10-19-30(29)41(53)54)27-16-11-17-28(21-27)55-35(48)22-31(25-12-5-3-6-13-25)26-14-7-4-8-15-26/h3-8,11-17,21,24,29-33,36H,9-10,18-20,22-23H2,1-2H3,(H2,42,49)(H,43,51)(H,44,52)(H,45,50)(H,46,47)(H,53,54)/t29-,30-,32+,33+,36?/m1/s1. The van der Waals surface area contributed by atoms with Gasteiger partial charge in [0.05, 0.1) is 24.7 Å². The fraction of sp³-hybridized carbons (Fsp3) is 0.390. The molecular formula is C41H48N4O10. The van der Waals surface area contributed by atoms with Gasteiger partial charge in [-0.05, 0) is 54.0 Å². The van der Waals surface area contributed by atoms with E-state index in [1.165, 1.54) is 24.3 Å². The van der Waals surface area contributed by atoms with Crippen LogP contribution in [-0.2, 0) is 33.6 Å². The van der Waals surface area contributed by atoms with E-state index in [9.17, 15) is 43.8 Å². The first-order valence-electron chi connectivity index (χ1n) is 18.3. The molecular weight excluding hydrogens is 708 g/mol. The first-order chi connectivity index (χ1) is 26.2. The Morgan fingerprint density at radius 3 is 1.82 bits per heavy atom. The van der Waals surface area contributed by atoms with E-state index in [0.29, 0.717) is 12.8 Å². The van der Waals surface area contributed by atoms with Gasteiger partial charge in [-0.25, -0.2) is 0 Å². The van der Waals surface area contributed by atoms with Gasteiger partial charge in [0.2, 0.25) is 23.6 Å². The topological polar surface area (TPSA) is 231 Å².